The lowest BCUT2D eigenvalue weighted by molar-refractivity contribution is 0.102. The number of benzene rings is 1. The molecule has 1 heterocycles. The number of nitrogens with one attached hydrogen (secondary N) is 2. The summed E-state index contributed by atoms with van der Waals surface area (Å²) in [4.78, 5) is 16.2. The quantitative estimate of drug-likeness (QED) is 0.879. The highest BCUT2D eigenvalue weighted by atomic mass is 35.5. The van der Waals surface area contributed by atoms with Crippen LogP contribution in [0.1, 0.15) is 23.7 Å². The maximum atomic E-state index is 13.2. The molecule has 1 aromatic carbocycles. The fourth-order valence-electron chi connectivity index (χ4n) is 1.77. The average Bonchev–Trinajstić information content (AvgIpc) is 2.49. The molecule has 0 bridgehead atoms. The van der Waals surface area contributed by atoms with Crippen molar-refractivity contribution in [2.45, 2.75) is 13.3 Å². The van der Waals surface area contributed by atoms with Crippen LogP contribution < -0.4 is 10.6 Å². The number of pyridine rings is 1. The topological polar surface area (TPSA) is 54.0 Å². The van der Waals surface area contributed by atoms with Crippen molar-refractivity contribution in [2.24, 2.45) is 0 Å². The summed E-state index contributed by atoms with van der Waals surface area (Å²) < 4.78 is 13.2. The number of nitrogens with zero attached hydrogens (tertiary/aromatic N) is 1. The molecule has 2 rings (SSSR count). The third-order valence-corrected chi connectivity index (χ3v) is 3.14. The predicted octanol–water partition coefficient (Wildman–Crippen LogP) is 3.95. The van der Waals surface area contributed by atoms with Gasteiger partial charge in [-0.05, 0) is 30.7 Å². The second-order valence-corrected chi connectivity index (χ2v) is 4.83. The Morgan fingerprint density at radius 2 is 2.14 bits per heavy atom. The number of anilines is 2. The highest BCUT2D eigenvalue weighted by molar-refractivity contribution is 6.34. The summed E-state index contributed by atoms with van der Waals surface area (Å²) in [7, 11) is 0. The maximum Gasteiger partial charge on any atom is 0.259 e. The van der Waals surface area contributed by atoms with Crippen molar-refractivity contribution in [1.82, 2.24) is 4.98 Å². The van der Waals surface area contributed by atoms with E-state index in [0.29, 0.717) is 11.3 Å². The first-order valence-corrected chi connectivity index (χ1v) is 6.94. The molecule has 1 aromatic heterocycles. The molecule has 4 nitrogen and oxygen atoms in total. The van der Waals surface area contributed by atoms with Gasteiger partial charge in [0.1, 0.15) is 5.82 Å². The Hall–Kier alpha value is -2.14. The van der Waals surface area contributed by atoms with E-state index in [4.69, 9.17) is 11.6 Å². The Balaban J connectivity index is 2.22. The van der Waals surface area contributed by atoms with Crippen molar-refractivity contribution in [3.8, 4) is 0 Å². The zero-order chi connectivity index (χ0) is 15.2. The van der Waals surface area contributed by atoms with Gasteiger partial charge in [0.15, 0.2) is 0 Å². The Morgan fingerprint density at radius 1 is 1.33 bits per heavy atom. The van der Waals surface area contributed by atoms with E-state index in [1.54, 1.807) is 12.3 Å². The Labute approximate surface area is 127 Å². The van der Waals surface area contributed by atoms with Gasteiger partial charge in [-0.15, -0.1) is 0 Å². The molecule has 0 aliphatic heterocycles. The first-order valence-electron chi connectivity index (χ1n) is 6.56. The van der Waals surface area contributed by atoms with Gasteiger partial charge in [0.25, 0.3) is 5.91 Å². The summed E-state index contributed by atoms with van der Waals surface area (Å²) in [6.45, 7) is 2.77. The summed E-state index contributed by atoms with van der Waals surface area (Å²) in [5, 5.41) is 6.02. The molecule has 0 unspecified atom stereocenters. The van der Waals surface area contributed by atoms with Gasteiger partial charge >= 0.3 is 0 Å². The standard InChI is InChI=1S/C15H15ClFN3O/c1-2-6-19-13-5-7-18-9-11(13)15(21)20-14-8-10(17)3-4-12(14)16/h3-5,7-9H,2,6H2,1H3,(H,18,19)(H,20,21). The van der Waals surface area contributed by atoms with Gasteiger partial charge in [-0.25, -0.2) is 4.39 Å². The van der Waals surface area contributed by atoms with E-state index in [1.165, 1.54) is 24.4 Å². The van der Waals surface area contributed by atoms with Crippen LogP contribution >= 0.6 is 11.6 Å². The molecule has 2 aromatic rings. The summed E-state index contributed by atoms with van der Waals surface area (Å²) in [5.74, 6) is -0.862. The lowest BCUT2D eigenvalue weighted by Gasteiger charge is -2.12. The lowest BCUT2D eigenvalue weighted by Crippen LogP contribution is -2.16. The fourth-order valence-corrected chi connectivity index (χ4v) is 1.94. The summed E-state index contributed by atoms with van der Waals surface area (Å²) >= 11 is 5.94. The van der Waals surface area contributed by atoms with Crippen molar-refractivity contribution < 1.29 is 9.18 Å². The molecule has 1 amide bonds. The van der Waals surface area contributed by atoms with Gasteiger partial charge in [-0.2, -0.15) is 0 Å². The smallest absolute Gasteiger partial charge is 0.259 e. The zero-order valence-corrected chi connectivity index (χ0v) is 12.2. The molecular formula is C15H15ClFN3O. The van der Waals surface area contributed by atoms with E-state index in [0.717, 1.165) is 13.0 Å². The van der Waals surface area contributed by atoms with Crippen LogP contribution in [0.5, 0.6) is 0 Å². The minimum absolute atomic E-state index is 0.229. The third kappa shape index (κ3) is 3.92. The van der Waals surface area contributed by atoms with E-state index in [9.17, 15) is 9.18 Å². The molecule has 6 heteroatoms. The summed E-state index contributed by atoms with van der Waals surface area (Å²) in [5.41, 5.74) is 1.29. The van der Waals surface area contributed by atoms with Crippen LogP contribution in [0, 0.1) is 5.82 Å². The van der Waals surface area contributed by atoms with Gasteiger partial charge in [0, 0.05) is 18.9 Å². The van der Waals surface area contributed by atoms with Crippen LogP contribution in [0.15, 0.2) is 36.7 Å². The molecule has 2 N–H and O–H groups in total. The normalized spacial score (nSPS) is 10.2. The molecule has 21 heavy (non-hydrogen) atoms. The molecule has 0 radical (unpaired) electrons. The van der Waals surface area contributed by atoms with Crippen molar-refractivity contribution in [1.29, 1.82) is 0 Å². The third-order valence-electron chi connectivity index (χ3n) is 2.81. The van der Waals surface area contributed by atoms with Crippen molar-refractivity contribution in [3.63, 3.8) is 0 Å². The number of aromatic nitrogens is 1. The number of halogens is 2. The van der Waals surface area contributed by atoms with Gasteiger partial charge in [0.2, 0.25) is 0 Å². The van der Waals surface area contributed by atoms with E-state index in [1.807, 2.05) is 6.92 Å². The number of hydrogen-bond donors (Lipinski definition) is 2. The minimum Gasteiger partial charge on any atom is -0.384 e. The minimum atomic E-state index is -0.467. The molecule has 0 saturated carbocycles. The molecule has 0 saturated heterocycles. The number of amides is 1. The first kappa shape index (κ1) is 15.3. The molecule has 0 spiro atoms. The van der Waals surface area contributed by atoms with E-state index < -0.39 is 11.7 Å². The molecule has 0 atom stereocenters. The monoisotopic (exact) mass is 307 g/mol. The van der Waals surface area contributed by atoms with Crippen LogP contribution in [0.25, 0.3) is 0 Å². The highest BCUT2D eigenvalue weighted by Crippen LogP contribution is 2.24. The van der Waals surface area contributed by atoms with Gasteiger partial charge in [0.05, 0.1) is 22.0 Å². The number of carbonyl (C=O) groups excluding carboxylic acids is 1. The average molecular weight is 308 g/mol. The SMILES string of the molecule is CCCNc1ccncc1C(=O)Nc1cc(F)ccc1Cl. The Morgan fingerprint density at radius 3 is 2.90 bits per heavy atom. The molecule has 0 aliphatic carbocycles. The second kappa shape index (κ2) is 7.04. The van der Waals surface area contributed by atoms with Crippen LogP contribution in [0.4, 0.5) is 15.8 Å². The van der Waals surface area contributed by atoms with E-state index in [2.05, 4.69) is 15.6 Å². The second-order valence-electron chi connectivity index (χ2n) is 4.43. The maximum absolute atomic E-state index is 13.2. The number of rotatable bonds is 5. The molecule has 0 aliphatic rings. The van der Waals surface area contributed by atoms with Gasteiger partial charge in [-0.1, -0.05) is 18.5 Å². The van der Waals surface area contributed by atoms with Gasteiger partial charge in [-0.3, -0.25) is 9.78 Å². The largest absolute Gasteiger partial charge is 0.384 e. The Bertz CT molecular complexity index is 649. The Kier molecular flexibility index (Phi) is 5.11. The predicted molar refractivity (Wildman–Crippen MR) is 82.4 cm³/mol. The van der Waals surface area contributed by atoms with E-state index in [-0.39, 0.29) is 10.7 Å². The van der Waals surface area contributed by atoms with Crippen LogP contribution in [0.2, 0.25) is 5.02 Å². The van der Waals surface area contributed by atoms with Crippen molar-refractivity contribution in [3.05, 3.63) is 53.1 Å². The molecular weight excluding hydrogens is 293 g/mol. The number of hydrogen-bond acceptors (Lipinski definition) is 3. The lowest BCUT2D eigenvalue weighted by atomic mass is 10.2. The van der Waals surface area contributed by atoms with Crippen molar-refractivity contribution >= 4 is 28.9 Å². The van der Waals surface area contributed by atoms with E-state index >= 15 is 0 Å². The molecule has 110 valence electrons. The molecule has 0 fully saturated rings. The van der Waals surface area contributed by atoms with Crippen molar-refractivity contribution in [2.75, 3.05) is 17.2 Å². The fraction of sp³-hybridized carbons (Fsp3) is 0.200. The summed E-state index contributed by atoms with van der Waals surface area (Å²) in [6, 6.07) is 5.52. The van der Waals surface area contributed by atoms with Crippen LogP contribution in [0.3, 0.4) is 0 Å². The highest BCUT2D eigenvalue weighted by Gasteiger charge is 2.13. The van der Waals surface area contributed by atoms with Crippen LogP contribution in [-0.2, 0) is 0 Å². The number of carbonyl (C=O) groups is 1. The summed E-state index contributed by atoms with van der Waals surface area (Å²) in [6.07, 6.45) is 3.99. The van der Waals surface area contributed by atoms with Crippen LogP contribution in [-0.4, -0.2) is 17.4 Å². The zero-order valence-electron chi connectivity index (χ0n) is 11.5. The first-order chi connectivity index (χ1) is 10.1. The van der Waals surface area contributed by atoms with Gasteiger partial charge < -0.3 is 10.6 Å².